The number of hydrogen-bond donors (Lipinski definition) is 1. The maximum atomic E-state index is 13.2. The molecule has 6 nitrogen and oxygen atoms in total. The molecule has 0 saturated carbocycles. The minimum Gasteiger partial charge on any atom is -0.493 e. The van der Waals surface area contributed by atoms with E-state index >= 15 is 0 Å². The standard InChI is InChI=1S/C24H31FN2O4/c1-5-6-23(28)27(16-19-7-10-20(25)11-8-19)17(2)24(29)26-14-13-18-9-12-21(30-3)22(15-18)31-4/h7-12,15,17H,5-6,13-14,16H2,1-4H3,(H,26,29)/t17-/m0/s1. The van der Waals surface area contributed by atoms with Gasteiger partial charge in [0.25, 0.3) is 0 Å². The topological polar surface area (TPSA) is 67.9 Å². The zero-order valence-electron chi connectivity index (χ0n) is 18.6. The average molecular weight is 431 g/mol. The first kappa shape index (κ1) is 24.2. The van der Waals surface area contributed by atoms with Crippen molar-refractivity contribution in [2.45, 2.75) is 45.7 Å². The van der Waals surface area contributed by atoms with Gasteiger partial charge in [-0.3, -0.25) is 9.59 Å². The minimum absolute atomic E-state index is 0.102. The van der Waals surface area contributed by atoms with Crippen LogP contribution in [0.1, 0.15) is 37.8 Å². The number of nitrogens with one attached hydrogen (secondary N) is 1. The smallest absolute Gasteiger partial charge is 0.242 e. The largest absolute Gasteiger partial charge is 0.493 e. The maximum Gasteiger partial charge on any atom is 0.242 e. The number of rotatable bonds is 11. The van der Waals surface area contributed by atoms with Crippen LogP contribution in [-0.2, 0) is 22.6 Å². The fourth-order valence-corrected chi connectivity index (χ4v) is 3.24. The molecule has 168 valence electrons. The fourth-order valence-electron chi connectivity index (χ4n) is 3.24. The average Bonchev–Trinajstić information content (AvgIpc) is 2.78. The Labute approximate surface area is 183 Å². The van der Waals surface area contributed by atoms with E-state index in [2.05, 4.69) is 5.32 Å². The van der Waals surface area contributed by atoms with Crippen LogP contribution >= 0.6 is 0 Å². The van der Waals surface area contributed by atoms with Crippen LogP contribution < -0.4 is 14.8 Å². The molecule has 0 fully saturated rings. The minimum atomic E-state index is -0.644. The first-order valence-electron chi connectivity index (χ1n) is 10.4. The molecule has 0 aromatic heterocycles. The van der Waals surface area contributed by atoms with Crippen molar-refractivity contribution in [1.82, 2.24) is 10.2 Å². The Bertz CT molecular complexity index is 870. The molecule has 1 N–H and O–H groups in total. The summed E-state index contributed by atoms with van der Waals surface area (Å²) in [7, 11) is 3.16. The molecule has 0 spiro atoms. The zero-order valence-corrected chi connectivity index (χ0v) is 18.6. The van der Waals surface area contributed by atoms with Gasteiger partial charge >= 0.3 is 0 Å². The van der Waals surface area contributed by atoms with Crippen LogP contribution in [0.2, 0.25) is 0 Å². The summed E-state index contributed by atoms with van der Waals surface area (Å²) < 4.78 is 23.7. The summed E-state index contributed by atoms with van der Waals surface area (Å²) in [6.45, 7) is 4.30. The summed E-state index contributed by atoms with van der Waals surface area (Å²) in [6.07, 6.45) is 1.65. The Morgan fingerprint density at radius 2 is 1.68 bits per heavy atom. The van der Waals surface area contributed by atoms with E-state index in [1.165, 1.54) is 12.1 Å². The molecule has 0 aliphatic carbocycles. The lowest BCUT2D eigenvalue weighted by atomic mass is 10.1. The number of nitrogens with zero attached hydrogens (tertiary/aromatic N) is 1. The van der Waals surface area contributed by atoms with Crippen molar-refractivity contribution in [3.63, 3.8) is 0 Å². The van der Waals surface area contributed by atoms with E-state index in [9.17, 15) is 14.0 Å². The molecule has 0 saturated heterocycles. The molecular weight excluding hydrogens is 399 g/mol. The molecule has 0 unspecified atom stereocenters. The molecule has 2 aromatic rings. The first-order chi connectivity index (χ1) is 14.9. The molecular formula is C24H31FN2O4. The van der Waals surface area contributed by atoms with Crippen LogP contribution in [-0.4, -0.2) is 43.5 Å². The second kappa shape index (κ2) is 11.9. The lowest BCUT2D eigenvalue weighted by Crippen LogP contribution is -2.47. The summed E-state index contributed by atoms with van der Waals surface area (Å²) in [5.41, 5.74) is 1.77. The van der Waals surface area contributed by atoms with Crippen LogP contribution in [0, 0.1) is 5.82 Å². The number of hydrogen-bond acceptors (Lipinski definition) is 4. The zero-order chi connectivity index (χ0) is 22.8. The van der Waals surface area contributed by atoms with Gasteiger partial charge in [0.05, 0.1) is 14.2 Å². The summed E-state index contributed by atoms with van der Waals surface area (Å²) in [5, 5.41) is 2.90. The highest BCUT2D eigenvalue weighted by molar-refractivity contribution is 5.87. The molecule has 2 amide bonds. The van der Waals surface area contributed by atoms with Crippen molar-refractivity contribution in [3.05, 3.63) is 59.4 Å². The third-order valence-corrected chi connectivity index (χ3v) is 5.06. The summed E-state index contributed by atoms with van der Waals surface area (Å²) in [4.78, 5) is 26.9. The third kappa shape index (κ3) is 6.98. The molecule has 0 bridgehead atoms. The van der Waals surface area contributed by atoms with E-state index < -0.39 is 6.04 Å². The molecule has 0 radical (unpaired) electrons. The van der Waals surface area contributed by atoms with Gasteiger partial charge < -0.3 is 19.7 Å². The predicted octanol–water partition coefficient (Wildman–Crippen LogP) is 3.72. The molecule has 0 heterocycles. The maximum absolute atomic E-state index is 13.2. The summed E-state index contributed by atoms with van der Waals surface area (Å²) in [6, 6.07) is 10.9. The molecule has 1 atom stereocenters. The van der Waals surface area contributed by atoms with E-state index in [-0.39, 0.29) is 24.2 Å². The Hall–Kier alpha value is -3.09. The van der Waals surface area contributed by atoms with Gasteiger partial charge in [0.1, 0.15) is 11.9 Å². The van der Waals surface area contributed by atoms with Crippen molar-refractivity contribution in [2.24, 2.45) is 0 Å². The molecule has 0 aliphatic heterocycles. The number of carbonyl (C=O) groups is 2. The highest BCUT2D eigenvalue weighted by Crippen LogP contribution is 2.27. The second-order valence-electron chi connectivity index (χ2n) is 7.30. The van der Waals surface area contributed by atoms with Gasteiger partial charge in [-0.05, 0) is 55.2 Å². The van der Waals surface area contributed by atoms with Crippen molar-refractivity contribution >= 4 is 11.8 Å². The highest BCUT2D eigenvalue weighted by Gasteiger charge is 2.25. The predicted molar refractivity (Wildman–Crippen MR) is 118 cm³/mol. The van der Waals surface area contributed by atoms with E-state index in [1.807, 2.05) is 25.1 Å². The Morgan fingerprint density at radius 3 is 2.29 bits per heavy atom. The van der Waals surface area contributed by atoms with Crippen LogP contribution in [0.4, 0.5) is 4.39 Å². The van der Waals surface area contributed by atoms with Gasteiger partial charge in [0.15, 0.2) is 11.5 Å². The van der Waals surface area contributed by atoms with Crippen molar-refractivity contribution in [1.29, 1.82) is 0 Å². The van der Waals surface area contributed by atoms with Crippen molar-refractivity contribution in [2.75, 3.05) is 20.8 Å². The lowest BCUT2D eigenvalue weighted by molar-refractivity contribution is -0.140. The van der Waals surface area contributed by atoms with Crippen LogP contribution in [0.15, 0.2) is 42.5 Å². The van der Waals surface area contributed by atoms with Crippen LogP contribution in [0.5, 0.6) is 11.5 Å². The van der Waals surface area contributed by atoms with E-state index in [4.69, 9.17) is 9.47 Å². The van der Waals surface area contributed by atoms with E-state index in [1.54, 1.807) is 38.2 Å². The van der Waals surface area contributed by atoms with Crippen LogP contribution in [0.3, 0.4) is 0 Å². The van der Waals surface area contributed by atoms with Crippen molar-refractivity contribution in [3.8, 4) is 11.5 Å². The second-order valence-corrected chi connectivity index (χ2v) is 7.30. The van der Waals surface area contributed by atoms with Gasteiger partial charge in [-0.1, -0.05) is 25.1 Å². The number of carbonyl (C=O) groups excluding carboxylic acids is 2. The number of benzene rings is 2. The molecule has 31 heavy (non-hydrogen) atoms. The number of methoxy groups -OCH3 is 2. The monoisotopic (exact) mass is 430 g/mol. The molecule has 0 aliphatic rings. The quantitative estimate of drug-likeness (QED) is 0.590. The molecule has 2 aromatic carbocycles. The van der Waals surface area contributed by atoms with Gasteiger partial charge in [0.2, 0.25) is 11.8 Å². The van der Waals surface area contributed by atoms with E-state index in [0.29, 0.717) is 37.3 Å². The number of amides is 2. The summed E-state index contributed by atoms with van der Waals surface area (Å²) >= 11 is 0. The number of halogens is 1. The Balaban J connectivity index is 2.00. The molecule has 2 rings (SSSR count). The van der Waals surface area contributed by atoms with Gasteiger partial charge in [-0.15, -0.1) is 0 Å². The lowest BCUT2D eigenvalue weighted by Gasteiger charge is -2.28. The van der Waals surface area contributed by atoms with Gasteiger partial charge in [0, 0.05) is 19.5 Å². The first-order valence-corrected chi connectivity index (χ1v) is 10.4. The third-order valence-electron chi connectivity index (χ3n) is 5.06. The van der Waals surface area contributed by atoms with Crippen LogP contribution in [0.25, 0.3) is 0 Å². The van der Waals surface area contributed by atoms with Gasteiger partial charge in [-0.25, -0.2) is 4.39 Å². The summed E-state index contributed by atoms with van der Waals surface area (Å²) in [5.74, 6) is 0.614. The number of ether oxygens (including phenoxy) is 2. The SMILES string of the molecule is CCCC(=O)N(Cc1ccc(F)cc1)[C@@H](C)C(=O)NCCc1ccc(OC)c(OC)c1. The molecule has 7 heteroatoms. The Morgan fingerprint density at radius 1 is 1.03 bits per heavy atom. The van der Waals surface area contributed by atoms with Crippen molar-refractivity contribution < 1.29 is 23.5 Å². The van der Waals surface area contributed by atoms with E-state index in [0.717, 1.165) is 11.1 Å². The highest BCUT2D eigenvalue weighted by atomic mass is 19.1. The fraction of sp³-hybridized carbons (Fsp3) is 0.417. The normalized spacial score (nSPS) is 11.5. The van der Waals surface area contributed by atoms with Gasteiger partial charge in [-0.2, -0.15) is 0 Å². The Kier molecular flexibility index (Phi) is 9.31.